The van der Waals surface area contributed by atoms with Gasteiger partial charge in [0, 0.05) is 22.1 Å². The minimum absolute atomic E-state index is 0.536. The lowest BCUT2D eigenvalue weighted by Crippen LogP contribution is -2.25. The van der Waals surface area contributed by atoms with E-state index in [1.807, 2.05) is 12.1 Å². The van der Waals surface area contributed by atoms with Crippen molar-refractivity contribution in [1.29, 1.82) is 0 Å². The molecule has 1 spiro atoms. The fourth-order valence-corrected chi connectivity index (χ4v) is 8.79. The van der Waals surface area contributed by atoms with Crippen LogP contribution in [0.3, 0.4) is 0 Å². The molecule has 11 rings (SSSR count). The van der Waals surface area contributed by atoms with Crippen LogP contribution in [0.2, 0.25) is 0 Å². The minimum atomic E-state index is -0.536. The second kappa shape index (κ2) is 11.1. The third-order valence-electron chi connectivity index (χ3n) is 11.1. The van der Waals surface area contributed by atoms with Gasteiger partial charge < -0.3 is 4.42 Å². The lowest BCUT2D eigenvalue weighted by molar-refractivity contribution is 0.507. The number of para-hydroxylation sites is 1. The molecule has 7 aromatic carbocycles. The fraction of sp³-hybridized carbons (Fsp3) is 0.0200. The van der Waals surface area contributed by atoms with Crippen LogP contribution in [0.5, 0.6) is 0 Å². The highest BCUT2D eigenvalue weighted by atomic mass is 16.3. The summed E-state index contributed by atoms with van der Waals surface area (Å²) < 4.78 is 6.93. The number of rotatable bonds is 4. The van der Waals surface area contributed by atoms with Gasteiger partial charge in [-0.15, -0.1) is 0 Å². The first-order valence-electron chi connectivity index (χ1n) is 17.9. The number of hydrogen-bond donors (Lipinski definition) is 0. The van der Waals surface area contributed by atoms with Gasteiger partial charge in [-0.3, -0.25) is 0 Å². The van der Waals surface area contributed by atoms with Crippen molar-refractivity contribution in [2.24, 2.45) is 0 Å². The molecular weight excluding hydrogens is 631 g/mol. The predicted molar refractivity (Wildman–Crippen MR) is 212 cm³/mol. The standard InChI is InChI=1S/C50H31NO/c1-3-13-34(14-4-1)45-30-37(31-46(51-45)35-15-5-2-6-16-35)33-25-23-32(24-26-33)36-27-28-40-44(29-36)50(49-48(40)41-19-9-12-22-47(41)52-49)42-20-10-7-17-38(42)39-18-8-11-21-43(39)50/h1-31H. The van der Waals surface area contributed by atoms with Crippen LogP contribution in [0.25, 0.3) is 78.0 Å². The first kappa shape index (κ1) is 29.0. The van der Waals surface area contributed by atoms with Crippen LogP contribution in [-0.2, 0) is 5.41 Å². The number of hydrogen-bond acceptors (Lipinski definition) is 2. The molecule has 9 aromatic rings. The summed E-state index contributed by atoms with van der Waals surface area (Å²) in [6.07, 6.45) is 0. The van der Waals surface area contributed by atoms with Crippen molar-refractivity contribution in [2.75, 3.05) is 0 Å². The van der Waals surface area contributed by atoms with Crippen LogP contribution in [0.1, 0.15) is 22.5 Å². The number of aromatic nitrogens is 1. The smallest absolute Gasteiger partial charge is 0.135 e. The number of furan rings is 1. The van der Waals surface area contributed by atoms with E-state index in [1.165, 1.54) is 50.1 Å². The summed E-state index contributed by atoms with van der Waals surface area (Å²) in [6.45, 7) is 0. The van der Waals surface area contributed by atoms with Crippen LogP contribution in [0, 0.1) is 0 Å². The van der Waals surface area contributed by atoms with E-state index in [2.05, 4.69) is 176 Å². The molecule has 2 aromatic heterocycles. The van der Waals surface area contributed by atoms with E-state index in [4.69, 9.17) is 9.40 Å². The van der Waals surface area contributed by atoms with Crippen LogP contribution in [-0.4, -0.2) is 4.98 Å². The molecule has 2 heteroatoms. The van der Waals surface area contributed by atoms with Gasteiger partial charge >= 0.3 is 0 Å². The van der Waals surface area contributed by atoms with Gasteiger partial charge in [-0.05, 0) is 79.9 Å². The highest BCUT2D eigenvalue weighted by molar-refractivity contribution is 6.05. The quantitative estimate of drug-likeness (QED) is 0.188. The summed E-state index contributed by atoms with van der Waals surface area (Å²) in [6, 6.07) is 67.5. The van der Waals surface area contributed by atoms with E-state index in [-0.39, 0.29) is 0 Å². The molecule has 0 saturated heterocycles. The van der Waals surface area contributed by atoms with Gasteiger partial charge in [-0.1, -0.05) is 164 Å². The fourth-order valence-electron chi connectivity index (χ4n) is 8.79. The van der Waals surface area contributed by atoms with E-state index in [9.17, 15) is 0 Å². The van der Waals surface area contributed by atoms with Crippen molar-refractivity contribution in [3.63, 3.8) is 0 Å². The van der Waals surface area contributed by atoms with E-state index in [1.54, 1.807) is 0 Å². The van der Waals surface area contributed by atoms with Crippen molar-refractivity contribution in [3.05, 3.63) is 211 Å². The number of fused-ring (bicyclic) bond motifs is 12. The zero-order valence-electron chi connectivity index (χ0n) is 28.3. The number of benzene rings is 7. The van der Waals surface area contributed by atoms with E-state index in [0.29, 0.717) is 0 Å². The maximum absolute atomic E-state index is 6.93. The molecule has 0 N–H and O–H groups in total. The molecule has 0 atom stereocenters. The molecule has 2 aliphatic carbocycles. The van der Waals surface area contributed by atoms with Crippen molar-refractivity contribution in [1.82, 2.24) is 4.98 Å². The van der Waals surface area contributed by atoms with Crippen LogP contribution in [0.15, 0.2) is 192 Å². The largest absolute Gasteiger partial charge is 0.459 e. The maximum Gasteiger partial charge on any atom is 0.135 e. The Morgan fingerprint density at radius 3 is 1.52 bits per heavy atom. The third-order valence-corrected chi connectivity index (χ3v) is 11.1. The molecule has 0 unspecified atom stereocenters. The van der Waals surface area contributed by atoms with E-state index in [0.717, 1.165) is 50.4 Å². The Kier molecular flexibility index (Phi) is 6.20. The third kappa shape index (κ3) is 4.09. The average molecular weight is 662 g/mol. The Morgan fingerprint density at radius 1 is 0.365 bits per heavy atom. The maximum atomic E-state index is 6.93. The predicted octanol–water partition coefficient (Wildman–Crippen LogP) is 12.8. The summed E-state index contributed by atoms with van der Waals surface area (Å²) >= 11 is 0. The normalized spacial score (nSPS) is 13.2. The van der Waals surface area contributed by atoms with Gasteiger partial charge in [0.2, 0.25) is 0 Å². The Balaban J connectivity index is 1.07. The van der Waals surface area contributed by atoms with Gasteiger partial charge in [0.05, 0.1) is 11.4 Å². The molecule has 0 fully saturated rings. The van der Waals surface area contributed by atoms with Crippen molar-refractivity contribution < 1.29 is 4.42 Å². The van der Waals surface area contributed by atoms with Crippen molar-refractivity contribution >= 4 is 11.0 Å². The molecule has 0 saturated carbocycles. The van der Waals surface area contributed by atoms with Gasteiger partial charge in [0.15, 0.2) is 0 Å². The number of pyridine rings is 1. The first-order chi connectivity index (χ1) is 25.8. The summed E-state index contributed by atoms with van der Waals surface area (Å²) in [7, 11) is 0. The zero-order chi connectivity index (χ0) is 34.2. The second-order valence-electron chi connectivity index (χ2n) is 13.8. The molecular formula is C50H31NO. The lowest BCUT2D eigenvalue weighted by atomic mass is 9.72. The van der Waals surface area contributed by atoms with Gasteiger partial charge in [0.1, 0.15) is 16.8 Å². The SMILES string of the molecule is c1ccc(-c2cc(-c3ccc(-c4ccc5c(c4)C4(c6ccccc6-c6ccccc64)c4oc6ccccc6c4-5)cc3)cc(-c3ccccc3)n2)cc1. The Labute approximate surface area is 302 Å². The average Bonchev–Trinajstić information content (AvgIpc) is 3.85. The summed E-state index contributed by atoms with van der Waals surface area (Å²) in [5.41, 5.74) is 18.0. The Hall–Kier alpha value is -6.77. The molecule has 0 amide bonds. The van der Waals surface area contributed by atoms with Gasteiger partial charge in [-0.25, -0.2) is 4.98 Å². The minimum Gasteiger partial charge on any atom is -0.459 e. The second-order valence-corrected chi connectivity index (χ2v) is 13.8. The first-order valence-corrected chi connectivity index (χ1v) is 17.9. The van der Waals surface area contributed by atoms with Gasteiger partial charge in [0.25, 0.3) is 0 Å². The van der Waals surface area contributed by atoms with E-state index < -0.39 is 5.41 Å². The zero-order valence-corrected chi connectivity index (χ0v) is 28.3. The highest BCUT2D eigenvalue weighted by Gasteiger charge is 2.55. The van der Waals surface area contributed by atoms with Crippen molar-refractivity contribution in [3.8, 4) is 67.0 Å². The molecule has 0 aliphatic heterocycles. The van der Waals surface area contributed by atoms with Crippen molar-refractivity contribution in [2.45, 2.75) is 5.41 Å². The topological polar surface area (TPSA) is 26.0 Å². The van der Waals surface area contributed by atoms with Crippen LogP contribution in [0.4, 0.5) is 0 Å². The molecule has 52 heavy (non-hydrogen) atoms. The Bertz CT molecular complexity index is 2730. The molecule has 2 nitrogen and oxygen atoms in total. The highest BCUT2D eigenvalue weighted by Crippen LogP contribution is 2.64. The molecule has 0 radical (unpaired) electrons. The van der Waals surface area contributed by atoms with Gasteiger partial charge in [-0.2, -0.15) is 0 Å². The molecule has 242 valence electrons. The molecule has 2 heterocycles. The lowest BCUT2D eigenvalue weighted by Gasteiger charge is -2.28. The summed E-state index contributed by atoms with van der Waals surface area (Å²) in [5.74, 6) is 1.02. The molecule has 2 aliphatic rings. The summed E-state index contributed by atoms with van der Waals surface area (Å²) in [4.78, 5) is 5.09. The monoisotopic (exact) mass is 661 g/mol. The molecule has 0 bridgehead atoms. The van der Waals surface area contributed by atoms with Crippen LogP contribution < -0.4 is 0 Å². The van der Waals surface area contributed by atoms with Crippen LogP contribution >= 0.6 is 0 Å². The number of nitrogens with zero attached hydrogens (tertiary/aromatic N) is 1. The Morgan fingerprint density at radius 2 is 0.885 bits per heavy atom. The van der Waals surface area contributed by atoms with E-state index >= 15 is 0 Å². The summed E-state index contributed by atoms with van der Waals surface area (Å²) in [5, 5.41) is 1.16.